The van der Waals surface area contributed by atoms with E-state index in [1.807, 2.05) is 0 Å². The van der Waals surface area contributed by atoms with E-state index in [-0.39, 0.29) is 16.4 Å². The summed E-state index contributed by atoms with van der Waals surface area (Å²) in [7, 11) is -2.32. The molecule has 140 valence electrons. The molecule has 3 N–H and O–H groups in total. The van der Waals surface area contributed by atoms with E-state index in [4.69, 9.17) is 9.88 Å². The molecule has 1 heterocycles. The molecule has 0 unspecified atom stereocenters. The highest BCUT2D eigenvalue weighted by molar-refractivity contribution is 7.89. The van der Waals surface area contributed by atoms with Crippen molar-refractivity contribution in [2.45, 2.75) is 17.7 Å². The zero-order valence-corrected chi connectivity index (χ0v) is 15.0. The molecule has 2 rings (SSSR count). The minimum atomic E-state index is -3.99. The van der Waals surface area contributed by atoms with E-state index in [2.05, 4.69) is 10.2 Å². The highest BCUT2D eigenvalue weighted by Gasteiger charge is 2.23. The van der Waals surface area contributed by atoms with Gasteiger partial charge in [0.15, 0.2) is 0 Å². The number of carbonyl (C=O) groups is 1. The van der Waals surface area contributed by atoms with Crippen LogP contribution in [0.25, 0.3) is 0 Å². The summed E-state index contributed by atoms with van der Waals surface area (Å²) in [4.78, 5) is 14.2. The Morgan fingerprint density at radius 3 is 2.92 bits per heavy atom. The molecule has 1 aromatic rings. The first-order valence-corrected chi connectivity index (χ1v) is 9.67. The van der Waals surface area contributed by atoms with Crippen LogP contribution in [-0.4, -0.2) is 59.1 Å². The van der Waals surface area contributed by atoms with Crippen molar-refractivity contribution in [2.24, 2.45) is 11.1 Å². The number of amides is 1. The maximum atomic E-state index is 13.8. The number of carbonyl (C=O) groups excluding carboxylic acids is 1. The summed E-state index contributed by atoms with van der Waals surface area (Å²) in [5, 5.41) is 7.70. The molecule has 1 aliphatic rings. The minimum Gasteiger partial charge on any atom is -0.385 e. The van der Waals surface area contributed by atoms with Crippen molar-refractivity contribution >= 4 is 15.9 Å². The van der Waals surface area contributed by atoms with Gasteiger partial charge in [-0.3, -0.25) is 4.79 Å². The van der Waals surface area contributed by atoms with E-state index in [0.29, 0.717) is 6.54 Å². The van der Waals surface area contributed by atoms with E-state index < -0.39 is 21.7 Å². The van der Waals surface area contributed by atoms with Crippen molar-refractivity contribution < 1.29 is 22.3 Å². The Bertz CT molecular complexity index is 711. The average molecular weight is 373 g/mol. The molecule has 9 heteroatoms. The van der Waals surface area contributed by atoms with Crippen LogP contribution in [0.3, 0.4) is 0 Å². The minimum absolute atomic E-state index is 0.288. The normalized spacial score (nSPS) is 18.4. The second kappa shape index (κ2) is 8.70. The quantitative estimate of drug-likeness (QED) is 0.649. The molecule has 0 saturated carbocycles. The smallest absolute Gasteiger partial charge is 0.254 e. The monoisotopic (exact) mass is 373 g/mol. The van der Waals surface area contributed by atoms with E-state index in [0.717, 1.165) is 57.3 Å². The highest BCUT2D eigenvalue weighted by Crippen LogP contribution is 2.17. The van der Waals surface area contributed by atoms with Gasteiger partial charge in [-0.1, -0.05) is 0 Å². The Balaban J connectivity index is 1.89. The molecule has 1 aromatic carbocycles. The lowest BCUT2D eigenvalue weighted by Gasteiger charge is -2.16. The Hall–Kier alpha value is -1.55. The fraction of sp³-hybridized carbons (Fsp3) is 0.562. The van der Waals surface area contributed by atoms with Gasteiger partial charge in [0.05, 0.1) is 10.5 Å². The van der Waals surface area contributed by atoms with Crippen LogP contribution >= 0.6 is 0 Å². The lowest BCUT2D eigenvalue weighted by molar-refractivity contribution is 0.0943. The topological polar surface area (TPSA) is 102 Å². The first kappa shape index (κ1) is 19.8. The molecular formula is C16H24FN3O4S. The summed E-state index contributed by atoms with van der Waals surface area (Å²) in [6, 6.07) is 2.93. The number of rotatable bonds is 8. The van der Waals surface area contributed by atoms with Crippen molar-refractivity contribution in [1.29, 1.82) is 0 Å². The van der Waals surface area contributed by atoms with Crippen molar-refractivity contribution in [3.05, 3.63) is 29.6 Å². The number of nitrogens with two attached hydrogens (primary N) is 1. The number of nitrogens with zero attached hydrogens (tertiary/aromatic N) is 1. The zero-order valence-electron chi connectivity index (χ0n) is 14.2. The second-order valence-corrected chi connectivity index (χ2v) is 7.76. The largest absolute Gasteiger partial charge is 0.385 e. The van der Waals surface area contributed by atoms with Gasteiger partial charge in [0.2, 0.25) is 10.0 Å². The van der Waals surface area contributed by atoms with Gasteiger partial charge in [-0.25, -0.2) is 17.9 Å². The van der Waals surface area contributed by atoms with Crippen molar-refractivity contribution in [2.75, 3.05) is 39.9 Å². The summed E-state index contributed by atoms with van der Waals surface area (Å²) in [6.07, 6.45) is 1.91. The number of likely N-dealkylation sites (tertiary alicyclic amines) is 1. The number of benzene rings is 1. The number of primary sulfonamides is 1. The first-order valence-electron chi connectivity index (χ1n) is 8.13. The number of nitrogens with one attached hydrogen (secondary N) is 1. The summed E-state index contributed by atoms with van der Waals surface area (Å²) < 4.78 is 41.5. The van der Waals surface area contributed by atoms with Gasteiger partial charge in [0.25, 0.3) is 5.91 Å². The third-order valence-electron chi connectivity index (χ3n) is 4.26. The maximum absolute atomic E-state index is 13.8. The van der Waals surface area contributed by atoms with Gasteiger partial charge in [-0.05, 0) is 43.5 Å². The predicted molar refractivity (Wildman–Crippen MR) is 91.1 cm³/mol. The molecule has 1 fully saturated rings. The fourth-order valence-electron chi connectivity index (χ4n) is 2.90. The van der Waals surface area contributed by atoms with Crippen LogP contribution < -0.4 is 10.5 Å². The maximum Gasteiger partial charge on any atom is 0.254 e. The van der Waals surface area contributed by atoms with Crippen LogP contribution in [0.5, 0.6) is 0 Å². The molecule has 0 bridgehead atoms. The van der Waals surface area contributed by atoms with E-state index >= 15 is 0 Å². The summed E-state index contributed by atoms with van der Waals surface area (Å²) in [5.74, 6) is -1.13. The number of hydrogen-bond acceptors (Lipinski definition) is 5. The molecule has 0 aromatic heterocycles. The number of ether oxygens (including phenoxy) is 1. The van der Waals surface area contributed by atoms with Crippen LogP contribution in [0, 0.1) is 11.7 Å². The first-order chi connectivity index (χ1) is 11.8. The van der Waals surface area contributed by atoms with Crippen LogP contribution in [0.2, 0.25) is 0 Å². The van der Waals surface area contributed by atoms with E-state index in [1.54, 1.807) is 7.11 Å². The molecule has 0 spiro atoms. The lowest BCUT2D eigenvalue weighted by atomic mass is 10.1. The average Bonchev–Trinajstić information content (AvgIpc) is 3.00. The molecule has 1 saturated heterocycles. The van der Waals surface area contributed by atoms with Gasteiger partial charge in [0, 0.05) is 33.4 Å². The molecule has 1 aliphatic heterocycles. The third kappa shape index (κ3) is 5.74. The van der Waals surface area contributed by atoms with Crippen LogP contribution in [-0.2, 0) is 14.8 Å². The molecular weight excluding hydrogens is 349 g/mol. The summed E-state index contributed by atoms with van der Waals surface area (Å²) in [6.45, 7) is 3.91. The Kier molecular flexibility index (Phi) is 6.88. The summed E-state index contributed by atoms with van der Waals surface area (Å²) >= 11 is 0. The van der Waals surface area contributed by atoms with Crippen LogP contribution in [0.15, 0.2) is 23.1 Å². The molecule has 0 radical (unpaired) electrons. The van der Waals surface area contributed by atoms with Crippen LogP contribution in [0.4, 0.5) is 4.39 Å². The molecule has 25 heavy (non-hydrogen) atoms. The second-order valence-electron chi connectivity index (χ2n) is 6.20. The third-order valence-corrected chi connectivity index (χ3v) is 5.17. The predicted octanol–water partition coefficient (Wildman–Crippen LogP) is 0.561. The van der Waals surface area contributed by atoms with Gasteiger partial charge in [0.1, 0.15) is 5.82 Å². The fourth-order valence-corrected chi connectivity index (χ4v) is 3.44. The van der Waals surface area contributed by atoms with Crippen LogP contribution in [0.1, 0.15) is 23.2 Å². The van der Waals surface area contributed by atoms with Crippen molar-refractivity contribution in [3.8, 4) is 0 Å². The standard InChI is InChI=1S/C16H24FN3O4S/c1-24-8-2-6-20-7-5-12(11-20)10-19-16(21)14-9-13(25(18,22)23)3-4-15(14)17/h3-4,9,12H,2,5-8,10-11H2,1H3,(H,19,21)(H2,18,22,23)/t12-/m1/s1. The van der Waals surface area contributed by atoms with Crippen molar-refractivity contribution in [3.63, 3.8) is 0 Å². The van der Waals surface area contributed by atoms with E-state index in [9.17, 15) is 17.6 Å². The molecule has 1 atom stereocenters. The van der Waals surface area contributed by atoms with E-state index in [1.165, 1.54) is 0 Å². The van der Waals surface area contributed by atoms with Gasteiger partial charge in [-0.15, -0.1) is 0 Å². The zero-order chi connectivity index (χ0) is 18.4. The van der Waals surface area contributed by atoms with Gasteiger partial charge < -0.3 is 15.0 Å². The van der Waals surface area contributed by atoms with Gasteiger partial charge in [-0.2, -0.15) is 0 Å². The Labute approximate surface area is 147 Å². The number of sulfonamides is 1. The number of hydrogen-bond donors (Lipinski definition) is 2. The Morgan fingerprint density at radius 2 is 2.24 bits per heavy atom. The number of methoxy groups -OCH3 is 1. The van der Waals surface area contributed by atoms with Crippen molar-refractivity contribution in [1.82, 2.24) is 10.2 Å². The number of halogens is 1. The Morgan fingerprint density at radius 1 is 1.48 bits per heavy atom. The molecule has 0 aliphatic carbocycles. The van der Waals surface area contributed by atoms with Gasteiger partial charge >= 0.3 is 0 Å². The molecule has 1 amide bonds. The lowest BCUT2D eigenvalue weighted by Crippen LogP contribution is -2.32. The SMILES string of the molecule is COCCCN1CC[C@H](CNC(=O)c2cc(S(N)(=O)=O)ccc2F)C1. The highest BCUT2D eigenvalue weighted by atomic mass is 32.2. The molecule has 7 nitrogen and oxygen atoms in total. The summed E-state index contributed by atoms with van der Waals surface area (Å²) in [5.41, 5.74) is -0.318.